The van der Waals surface area contributed by atoms with Gasteiger partial charge in [-0.25, -0.2) is 0 Å². The second kappa shape index (κ2) is 2.46. The zero-order valence-electron chi connectivity index (χ0n) is 6.37. The van der Waals surface area contributed by atoms with Crippen LogP contribution in [0.15, 0.2) is 0 Å². The molecule has 4 heteroatoms. The monoisotopic (exact) mass is 188 g/mol. The number of fused-ring (bicyclic) bond motifs is 2. The molecule has 2 rings (SSSR count). The van der Waals surface area contributed by atoms with E-state index in [4.69, 9.17) is 16.7 Å². The first-order valence-electron chi connectivity index (χ1n) is 4.01. The molecule has 2 bridgehead atoms. The van der Waals surface area contributed by atoms with Crippen LogP contribution in [0.2, 0.25) is 0 Å². The summed E-state index contributed by atoms with van der Waals surface area (Å²) < 4.78 is 0. The van der Waals surface area contributed by atoms with Gasteiger partial charge >= 0.3 is 5.97 Å². The number of hydrogen-bond donors (Lipinski definition) is 1. The Balaban J connectivity index is 2.28. The number of alkyl halides is 1. The average Bonchev–Trinajstić information content (AvgIpc) is 2.41. The van der Waals surface area contributed by atoms with Crippen molar-refractivity contribution in [1.29, 1.82) is 0 Å². The van der Waals surface area contributed by atoms with E-state index in [0.29, 0.717) is 12.8 Å². The third-order valence-corrected chi connectivity index (χ3v) is 3.48. The fraction of sp³-hybridized carbons (Fsp3) is 0.750. The van der Waals surface area contributed by atoms with Gasteiger partial charge in [-0.15, -0.1) is 11.6 Å². The summed E-state index contributed by atoms with van der Waals surface area (Å²) in [6, 6.07) is 0. The van der Waals surface area contributed by atoms with Crippen molar-refractivity contribution >= 4 is 23.4 Å². The Bertz CT molecular complexity index is 251. The third-order valence-electron chi connectivity index (χ3n) is 2.97. The zero-order valence-corrected chi connectivity index (χ0v) is 7.12. The summed E-state index contributed by atoms with van der Waals surface area (Å²) >= 11 is 5.90. The lowest BCUT2D eigenvalue weighted by Gasteiger charge is -2.12. The minimum atomic E-state index is -0.862. The van der Waals surface area contributed by atoms with Crippen LogP contribution in [0.4, 0.5) is 0 Å². The second-order valence-electron chi connectivity index (χ2n) is 3.56. The Hall–Kier alpha value is -0.570. The first kappa shape index (κ1) is 8.05. The molecule has 3 nitrogen and oxygen atoms in total. The van der Waals surface area contributed by atoms with Crippen molar-refractivity contribution in [2.75, 3.05) is 0 Å². The number of rotatable bonds is 1. The van der Waals surface area contributed by atoms with E-state index in [9.17, 15) is 9.59 Å². The van der Waals surface area contributed by atoms with E-state index in [1.165, 1.54) is 0 Å². The second-order valence-corrected chi connectivity index (χ2v) is 4.12. The van der Waals surface area contributed by atoms with Gasteiger partial charge in [0.25, 0.3) is 0 Å². The number of carboxylic acids is 1. The summed E-state index contributed by atoms with van der Waals surface area (Å²) in [4.78, 5) is 21.9. The van der Waals surface area contributed by atoms with Gasteiger partial charge in [0.2, 0.25) is 0 Å². The summed E-state index contributed by atoms with van der Waals surface area (Å²) in [7, 11) is 0. The molecule has 4 atom stereocenters. The van der Waals surface area contributed by atoms with Crippen LogP contribution in [-0.2, 0) is 9.59 Å². The van der Waals surface area contributed by atoms with Gasteiger partial charge in [-0.3, -0.25) is 9.59 Å². The maximum atomic E-state index is 11.2. The number of Topliss-reactive ketones (excluding diaryl/α,β-unsaturated/α-hetero) is 1. The van der Waals surface area contributed by atoms with E-state index in [1.807, 2.05) is 0 Å². The molecule has 0 unspecified atom stereocenters. The third kappa shape index (κ3) is 0.891. The van der Waals surface area contributed by atoms with Gasteiger partial charge in [0, 0.05) is 17.7 Å². The minimum Gasteiger partial charge on any atom is -0.481 e. The average molecular weight is 189 g/mol. The maximum Gasteiger partial charge on any atom is 0.307 e. The Morgan fingerprint density at radius 1 is 1.58 bits per heavy atom. The van der Waals surface area contributed by atoms with E-state index >= 15 is 0 Å². The topological polar surface area (TPSA) is 54.4 Å². The molecule has 1 N–H and O–H groups in total. The molecule has 2 fully saturated rings. The fourth-order valence-corrected chi connectivity index (χ4v) is 2.85. The summed E-state index contributed by atoms with van der Waals surface area (Å²) in [5.41, 5.74) is 0. The lowest BCUT2D eigenvalue weighted by molar-refractivity contribution is -0.144. The summed E-state index contributed by atoms with van der Waals surface area (Å²) in [6.45, 7) is 0. The highest BCUT2D eigenvalue weighted by molar-refractivity contribution is 6.22. The van der Waals surface area contributed by atoms with Crippen LogP contribution in [-0.4, -0.2) is 22.2 Å². The van der Waals surface area contributed by atoms with Crippen molar-refractivity contribution in [3.63, 3.8) is 0 Å². The maximum absolute atomic E-state index is 11.2. The van der Waals surface area contributed by atoms with Crippen LogP contribution < -0.4 is 0 Å². The van der Waals surface area contributed by atoms with Gasteiger partial charge in [-0.2, -0.15) is 0 Å². The van der Waals surface area contributed by atoms with E-state index in [1.54, 1.807) is 0 Å². The lowest BCUT2D eigenvalue weighted by Crippen LogP contribution is -2.20. The number of aliphatic carboxylic acids is 1. The first-order chi connectivity index (χ1) is 5.61. The van der Waals surface area contributed by atoms with Crippen molar-refractivity contribution < 1.29 is 14.7 Å². The highest BCUT2D eigenvalue weighted by Crippen LogP contribution is 2.49. The SMILES string of the molecule is O=C(O)[C@@H]1[C@H]2CC(=O)[C@H]1C[C@@H]2Cl. The number of halogens is 1. The standard InChI is InChI=1S/C8H9ClO3/c9-5-1-4-6(10)2-3(5)7(4)8(11)12/h3-5,7H,1-2H2,(H,11,12)/t3-,4+,5-,7+/m0/s1. The molecule has 2 saturated carbocycles. The Morgan fingerprint density at radius 3 is 2.58 bits per heavy atom. The van der Waals surface area contributed by atoms with Crippen LogP contribution in [0.25, 0.3) is 0 Å². The molecule has 0 amide bonds. The van der Waals surface area contributed by atoms with E-state index in [2.05, 4.69) is 0 Å². The Labute approximate surface area is 74.7 Å². The normalized spacial score (nSPS) is 45.2. The molecule has 0 radical (unpaired) electrons. The van der Waals surface area contributed by atoms with E-state index in [0.717, 1.165) is 0 Å². The smallest absolute Gasteiger partial charge is 0.307 e. The van der Waals surface area contributed by atoms with Crippen LogP contribution in [0.3, 0.4) is 0 Å². The molecule has 2 aliphatic carbocycles. The molecular formula is C8H9ClO3. The van der Waals surface area contributed by atoms with Crippen LogP contribution in [0.1, 0.15) is 12.8 Å². The number of hydrogen-bond acceptors (Lipinski definition) is 2. The number of carboxylic acid groups (broad SMARTS) is 1. The Morgan fingerprint density at radius 2 is 2.25 bits per heavy atom. The molecule has 0 saturated heterocycles. The predicted octanol–water partition coefficient (Wildman–Crippen LogP) is 0.904. The quantitative estimate of drug-likeness (QED) is 0.623. The number of carbonyl (C=O) groups excluding carboxylic acids is 1. The fourth-order valence-electron chi connectivity index (χ4n) is 2.41. The largest absolute Gasteiger partial charge is 0.481 e. The molecule has 0 heterocycles. The highest BCUT2D eigenvalue weighted by atomic mass is 35.5. The summed E-state index contributed by atoms with van der Waals surface area (Å²) in [5, 5.41) is 8.72. The van der Waals surface area contributed by atoms with Gasteiger partial charge in [-0.05, 0) is 12.3 Å². The number of ketones is 1. The Kier molecular flexibility index (Phi) is 1.65. The molecule has 0 aromatic carbocycles. The number of carbonyl (C=O) groups is 2. The van der Waals surface area contributed by atoms with Gasteiger partial charge in [0.15, 0.2) is 0 Å². The molecule has 0 spiro atoms. The highest BCUT2D eigenvalue weighted by Gasteiger charge is 2.55. The molecule has 0 aromatic heterocycles. The minimum absolute atomic E-state index is 0.0873. The molecule has 0 aromatic rings. The molecule has 12 heavy (non-hydrogen) atoms. The predicted molar refractivity (Wildman–Crippen MR) is 42.0 cm³/mol. The zero-order chi connectivity index (χ0) is 8.88. The molecule has 2 aliphatic rings. The lowest BCUT2D eigenvalue weighted by atomic mass is 9.98. The van der Waals surface area contributed by atoms with Crippen molar-refractivity contribution in [2.24, 2.45) is 17.8 Å². The van der Waals surface area contributed by atoms with Gasteiger partial charge in [0.05, 0.1) is 5.92 Å². The van der Waals surface area contributed by atoms with Crippen molar-refractivity contribution in [3.05, 3.63) is 0 Å². The van der Waals surface area contributed by atoms with Crippen molar-refractivity contribution in [2.45, 2.75) is 18.2 Å². The van der Waals surface area contributed by atoms with Gasteiger partial charge < -0.3 is 5.11 Å². The van der Waals surface area contributed by atoms with Gasteiger partial charge in [-0.1, -0.05) is 0 Å². The van der Waals surface area contributed by atoms with Crippen molar-refractivity contribution in [1.82, 2.24) is 0 Å². The summed E-state index contributed by atoms with van der Waals surface area (Å²) in [5.74, 6) is -1.68. The van der Waals surface area contributed by atoms with Crippen LogP contribution >= 0.6 is 11.6 Å². The van der Waals surface area contributed by atoms with Crippen molar-refractivity contribution in [3.8, 4) is 0 Å². The molecule has 66 valence electrons. The summed E-state index contributed by atoms with van der Waals surface area (Å²) in [6.07, 6.45) is 0.928. The van der Waals surface area contributed by atoms with E-state index in [-0.39, 0.29) is 23.0 Å². The first-order valence-corrected chi connectivity index (χ1v) is 4.44. The molecule has 0 aliphatic heterocycles. The molecular weight excluding hydrogens is 180 g/mol. The van der Waals surface area contributed by atoms with Crippen LogP contribution in [0, 0.1) is 17.8 Å². The van der Waals surface area contributed by atoms with E-state index < -0.39 is 11.9 Å². The van der Waals surface area contributed by atoms with Crippen LogP contribution in [0.5, 0.6) is 0 Å². The van der Waals surface area contributed by atoms with Gasteiger partial charge in [0.1, 0.15) is 5.78 Å².